The molecule has 0 aromatic heterocycles. The number of ether oxygens (including phenoxy) is 3. The van der Waals surface area contributed by atoms with E-state index in [4.69, 9.17) is 14.2 Å². The lowest BCUT2D eigenvalue weighted by Crippen LogP contribution is -2.44. The first-order chi connectivity index (χ1) is 12.2. The van der Waals surface area contributed by atoms with Crippen molar-refractivity contribution in [2.45, 2.75) is 46.3 Å². The average Bonchev–Trinajstić information content (AvgIpc) is 2.54. The Kier molecular flexibility index (Phi) is 8.09. The normalized spacial score (nSPS) is 12.2. The van der Waals surface area contributed by atoms with Gasteiger partial charge in [-0.15, -0.1) is 0 Å². The second kappa shape index (κ2) is 9.79. The Morgan fingerprint density at radius 3 is 1.88 bits per heavy atom. The minimum Gasteiger partial charge on any atom is -0.465 e. The largest absolute Gasteiger partial charge is 0.465 e. The first kappa shape index (κ1) is 21.5. The maximum atomic E-state index is 12.4. The van der Waals surface area contributed by atoms with Gasteiger partial charge in [0, 0.05) is 0 Å². The number of carbonyl (C=O) groups is 3. The number of carbonyl (C=O) groups excluding carboxylic acids is 3. The molecule has 0 aliphatic carbocycles. The van der Waals surface area contributed by atoms with Gasteiger partial charge in [-0.3, -0.25) is 9.59 Å². The molecule has 1 amide bonds. The molecule has 0 radical (unpaired) electrons. The molecule has 0 bridgehead atoms. The van der Waals surface area contributed by atoms with Crippen molar-refractivity contribution >= 4 is 18.0 Å². The van der Waals surface area contributed by atoms with Crippen LogP contribution in [-0.2, 0) is 23.8 Å². The van der Waals surface area contributed by atoms with Gasteiger partial charge in [-0.05, 0) is 40.2 Å². The monoisotopic (exact) mass is 365 g/mol. The molecule has 1 aromatic rings. The smallest absolute Gasteiger partial charge is 0.408 e. The van der Waals surface area contributed by atoms with Crippen LogP contribution in [0.5, 0.6) is 0 Å². The highest BCUT2D eigenvalue weighted by molar-refractivity contribution is 5.96. The van der Waals surface area contributed by atoms with Crippen LogP contribution in [0.4, 0.5) is 4.79 Å². The van der Waals surface area contributed by atoms with Crippen LogP contribution in [0.25, 0.3) is 0 Å². The van der Waals surface area contributed by atoms with Crippen LogP contribution in [0.2, 0.25) is 0 Å². The number of benzene rings is 1. The zero-order valence-corrected chi connectivity index (χ0v) is 15.9. The second-order valence-electron chi connectivity index (χ2n) is 6.52. The summed E-state index contributed by atoms with van der Waals surface area (Å²) in [6, 6.07) is 7.70. The van der Waals surface area contributed by atoms with Crippen molar-refractivity contribution in [3.63, 3.8) is 0 Å². The summed E-state index contributed by atoms with van der Waals surface area (Å²) in [6.07, 6.45) is -0.745. The van der Waals surface area contributed by atoms with E-state index in [9.17, 15) is 14.4 Å². The lowest BCUT2D eigenvalue weighted by molar-refractivity contribution is -0.163. The Labute approximate surface area is 154 Å². The van der Waals surface area contributed by atoms with Crippen molar-refractivity contribution in [1.82, 2.24) is 5.32 Å². The fourth-order valence-electron chi connectivity index (χ4n) is 2.29. The van der Waals surface area contributed by atoms with Gasteiger partial charge in [-0.2, -0.15) is 0 Å². The van der Waals surface area contributed by atoms with Crippen molar-refractivity contribution in [2.24, 2.45) is 5.92 Å². The van der Waals surface area contributed by atoms with E-state index in [1.807, 2.05) is 0 Å². The highest BCUT2D eigenvalue weighted by Crippen LogP contribution is 2.26. The van der Waals surface area contributed by atoms with Gasteiger partial charge >= 0.3 is 18.0 Å². The molecule has 0 saturated heterocycles. The SMILES string of the molecule is CCOC(=O)C(C(=O)OCC)[C@H](NC(=O)OC(C)(C)C)c1ccccc1. The molecule has 7 heteroatoms. The topological polar surface area (TPSA) is 90.9 Å². The summed E-state index contributed by atoms with van der Waals surface area (Å²) in [6.45, 7) is 8.64. The van der Waals surface area contributed by atoms with Crippen molar-refractivity contribution in [3.8, 4) is 0 Å². The summed E-state index contributed by atoms with van der Waals surface area (Å²) in [7, 11) is 0. The van der Waals surface area contributed by atoms with Gasteiger partial charge in [0.25, 0.3) is 0 Å². The number of rotatable bonds is 7. The van der Waals surface area contributed by atoms with E-state index in [1.165, 1.54) is 0 Å². The Morgan fingerprint density at radius 2 is 1.46 bits per heavy atom. The standard InChI is InChI=1S/C19H27NO6/c1-6-24-16(21)14(17(22)25-7-2)15(13-11-9-8-10-12-13)20-18(23)26-19(3,4)5/h8-12,14-15H,6-7H2,1-5H3,(H,20,23)/t15-/m1/s1. The molecule has 0 saturated carbocycles. The first-order valence-corrected chi connectivity index (χ1v) is 8.57. The lowest BCUT2D eigenvalue weighted by atomic mass is 9.93. The average molecular weight is 365 g/mol. The highest BCUT2D eigenvalue weighted by atomic mass is 16.6. The van der Waals surface area contributed by atoms with Crippen LogP contribution in [0.1, 0.15) is 46.2 Å². The third-order valence-electron chi connectivity index (χ3n) is 3.25. The molecule has 0 unspecified atom stereocenters. The van der Waals surface area contributed by atoms with E-state index in [2.05, 4.69) is 5.32 Å². The van der Waals surface area contributed by atoms with Gasteiger partial charge in [0.15, 0.2) is 5.92 Å². The Balaban J connectivity index is 3.23. The van der Waals surface area contributed by atoms with Crippen LogP contribution in [0.15, 0.2) is 30.3 Å². The molecule has 0 aliphatic rings. The Morgan fingerprint density at radius 1 is 0.962 bits per heavy atom. The molecule has 26 heavy (non-hydrogen) atoms. The minimum atomic E-state index is -1.34. The second-order valence-corrected chi connectivity index (χ2v) is 6.52. The number of nitrogens with one attached hydrogen (secondary N) is 1. The van der Waals surface area contributed by atoms with Gasteiger partial charge in [0.2, 0.25) is 0 Å². The first-order valence-electron chi connectivity index (χ1n) is 8.57. The van der Waals surface area contributed by atoms with E-state index >= 15 is 0 Å². The minimum absolute atomic E-state index is 0.0999. The third kappa shape index (κ3) is 6.74. The summed E-state index contributed by atoms with van der Waals surface area (Å²) >= 11 is 0. The van der Waals surface area contributed by atoms with Gasteiger partial charge in [0.1, 0.15) is 5.60 Å². The van der Waals surface area contributed by atoms with Crippen LogP contribution in [0.3, 0.4) is 0 Å². The van der Waals surface area contributed by atoms with Crippen LogP contribution >= 0.6 is 0 Å². The predicted octanol–water partition coefficient (Wildman–Crippen LogP) is 2.99. The quantitative estimate of drug-likeness (QED) is 0.454. The highest BCUT2D eigenvalue weighted by Gasteiger charge is 2.40. The molecular weight excluding hydrogens is 338 g/mol. The number of hydrogen-bond acceptors (Lipinski definition) is 6. The summed E-state index contributed by atoms with van der Waals surface area (Å²) in [5.41, 5.74) is -0.168. The molecule has 1 aromatic carbocycles. The molecule has 1 N–H and O–H groups in total. The zero-order valence-electron chi connectivity index (χ0n) is 15.9. The van der Waals surface area contributed by atoms with E-state index in [0.29, 0.717) is 5.56 Å². The predicted molar refractivity (Wildman–Crippen MR) is 95.3 cm³/mol. The summed E-state index contributed by atoms with van der Waals surface area (Å²) in [5.74, 6) is -2.88. The van der Waals surface area contributed by atoms with Crippen molar-refractivity contribution in [1.29, 1.82) is 0 Å². The van der Waals surface area contributed by atoms with Crippen molar-refractivity contribution < 1.29 is 28.6 Å². The van der Waals surface area contributed by atoms with Crippen LogP contribution in [-0.4, -0.2) is 36.8 Å². The molecule has 0 fully saturated rings. The van der Waals surface area contributed by atoms with Crippen LogP contribution in [0, 0.1) is 5.92 Å². The van der Waals surface area contributed by atoms with Crippen molar-refractivity contribution in [2.75, 3.05) is 13.2 Å². The zero-order chi connectivity index (χ0) is 19.7. The number of amides is 1. The number of esters is 2. The van der Waals surface area contributed by atoms with Gasteiger partial charge in [0.05, 0.1) is 19.3 Å². The van der Waals surface area contributed by atoms with Crippen LogP contribution < -0.4 is 5.32 Å². The van der Waals surface area contributed by atoms with Gasteiger partial charge in [-0.25, -0.2) is 4.79 Å². The molecule has 0 spiro atoms. The fourth-order valence-corrected chi connectivity index (χ4v) is 2.29. The maximum absolute atomic E-state index is 12.4. The summed E-state index contributed by atoms with van der Waals surface area (Å²) < 4.78 is 15.3. The Bertz CT molecular complexity index is 590. The van der Waals surface area contributed by atoms with Crippen molar-refractivity contribution in [3.05, 3.63) is 35.9 Å². The van der Waals surface area contributed by atoms with E-state index < -0.39 is 35.6 Å². The Hall–Kier alpha value is -2.57. The van der Waals surface area contributed by atoms with E-state index in [0.717, 1.165) is 0 Å². The molecule has 1 rings (SSSR count). The van der Waals surface area contributed by atoms with Gasteiger partial charge < -0.3 is 19.5 Å². The molecular formula is C19H27NO6. The molecule has 7 nitrogen and oxygen atoms in total. The van der Waals surface area contributed by atoms with Gasteiger partial charge in [-0.1, -0.05) is 30.3 Å². The lowest BCUT2D eigenvalue weighted by Gasteiger charge is -2.27. The van der Waals surface area contributed by atoms with E-state index in [-0.39, 0.29) is 13.2 Å². The molecule has 1 atom stereocenters. The molecule has 0 heterocycles. The molecule has 0 aliphatic heterocycles. The maximum Gasteiger partial charge on any atom is 0.408 e. The van der Waals surface area contributed by atoms with E-state index in [1.54, 1.807) is 65.0 Å². The summed E-state index contributed by atoms with van der Waals surface area (Å²) in [5, 5.41) is 2.61. The fraction of sp³-hybridized carbons (Fsp3) is 0.526. The summed E-state index contributed by atoms with van der Waals surface area (Å²) in [4.78, 5) is 37.1. The third-order valence-corrected chi connectivity index (χ3v) is 3.25. The number of alkyl carbamates (subject to hydrolysis) is 1. The molecule has 144 valence electrons. The number of hydrogen-bond donors (Lipinski definition) is 1.